The van der Waals surface area contributed by atoms with E-state index in [9.17, 15) is 14.4 Å². The minimum Gasteiger partial charge on any atom is -0.462 e. The molecule has 0 amide bonds. The molecule has 0 aromatic rings. The molecular weight excluding hydrogens is 781 g/mol. The molecule has 0 N–H and O–H groups in total. The second-order valence-corrected chi connectivity index (χ2v) is 17.1. The zero-order valence-corrected chi connectivity index (χ0v) is 41.1. The lowest BCUT2D eigenvalue weighted by Gasteiger charge is -2.18. The van der Waals surface area contributed by atoms with E-state index in [2.05, 4.69) is 106 Å². The van der Waals surface area contributed by atoms with Crippen LogP contribution in [0.15, 0.2) is 85.1 Å². The minimum atomic E-state index is -0.805. The van der Waals surface area contributed by atoms with Gasteiger partial charge in [-0.1, -0.05) is 189 Å². The molecule has 0 saturated carbocycles. The van der Waals surface area contributed by atoms with Crippen LogP contribution in [-0.4, -0.2) is 37.2 Å². The van der Waals surface area contributed by atoms with Crippen LogP contribution >= 0.6 is 0 Å². The van der Waals surface area contributed by atoms with E-state index in [0.717, 1.165) is 96.3 Å². The molecule has 0 aromatic carbocycles. The van der Waals surface area contributed by atoms with Crippen molar-refractivity contribution in [3.05, 3.63) is 85.1 Å². The van der Waals surface area contributed by atoms with E-state index in [0.29, 0.717) is 19.3 Å². The Morgan fingerprint density at radius 1 is 0.317 bits per heavy atom. The van der Waals surface area contributed by atoms with Crippen LogP contribution in [0.5, 0.6) is 0 Å². The van der Waals surface area contributed by atoms with Gasteiger partial charge in [0.2, 0.25) is 0 Å². The summed E-state index contributed by atoms with van der Waals surface area (Å²) in [5.41, 5.74) is 0. The Hall–Kier alpha value is -3.41. The van der Waals surface area contributed by atoms with Crippen molar-refractivity contribution in [2.45, 2.75) is 245 Å². The maximum atomic E-state index is 12.8. The average molecular weight is 877 g/mol. The summed E-state index contributed by atoms with van der Waals surface area (Å²) in [4.78, 5) is 37.9. The summed E-state index contributed by atoms with van der Waals surface area (Å²) in [6.07, 6.45) is 65.6. The number of rotatable bonds is 46. The fourth-order valence-electron chi connectivity index (χ4n) is 6.85. The Kier molecular flexibility index (Phi) is 48.5. The van der Waals surface area contributed by atoms with E-state index in [1.807, 2.05) is 0 Å². The number of esters is 3. The maximum absolute atomic E-state index is 12.8. The SMILES string of the molecule is CCCC/C=C\CCCCCCCC(=O)OC[C@H](COC(=O)CCCCCCCC/C=C\C/C=C\C/C=C\CCCCC)OC(=O)CCCC/C=C\C/C=C\C/C=C\CCCCC. The first-order valence-corrected chi connectivity index (χ1v) is 26.1. The van der Waals surface area contributed by atoms with Crippen molar-refractivity contribution in [2.24, 2.45) is 0 Å². The molecule has 6 nitrogen and oxygen atoms in total. The highest BCUT2D eigenvalue weighted by atomic mass is 16.6. The zero-order valence-electron chi connectivity index (χ0n) is 41.1. The van der Waals surface area contributed by atoms with Crippen LogP contribution in [0.3, 0.4) is 0 Å². The number of carbonyl (C=O) groups excluding carboxylic acids is 3. The van der Waals surface area contributed by atoms with Crippen LogP contribution in [-0.2, 0) is 28.6 Å². The standard InChI is InChI=1S/C57H96O6/c1-4-7-10-13-16-19-22-24-26-27-28-29-31-32-35-38-41-44-47-50-56(59)62-53-54(52-61-55(58)49-46-43-40-37-34-21-18-15-12-9-6-3)63-57(60)51-48-45-42-39-36-33-30-25-23-20-17-14-11-8-5-2/h15-20,24-26,28-30,36,39,54H,4-14,21-23,27,31-35,37-38,40-53H2,1-3H3/b18-15-,19-16-,20-17-,26-24-,29-28-,30-25-,39-36-/t54-/m1/s1. The highest BCUT2D eigenvalue weighted by Gasteiger charge is 2.19. The van der Waals surface area contributed by atoms with Crippen molar-refractivity contribution in [1.29, 1.82) is 0 Å². The lowest BCUT2D eigenvalue weighted by molar-refractivity contribution is -0.167. The Morgan fingerprint density at radius 2 is 0.587 bits per heavy atom. The molecule has 0 fully saturated rings. The van der Waals surface area contributed by atoms with Gasteiger partial charge in [0.15, 0.2) is 6.10 Å². The number of carbonyl (C=O) groups is 3. The molecule has 0 aliphatic rings. The second-order valence-electron chi connectivity index (χ2n) is 17.1. The average Bonchev–Trinajstić information content (AvgIpc) is 3.28. The number of hydrogen-bond acceptors (Lipinski definition) is 6. The number of allylic oxidation sites excluding steroid dienone is 14. The zero-order chi connectivity index (χ0) is 45.8. The van der Waals surface area contributed by atoms with Gasteiger partial charge < -0.3 is 14.2 Å². The molecule has 0 saturated heterocycles. The summed E-state index contributed by atoms with van der Waals surface area (Å²) in [6, 6.07) is 0. The minimum absolute atomic E-state index is 0.101. The van der Waals surface area contributed by atoms with Crippen molar-refractivity contribution < 1.29 is 28.6 Å². The van der Waals surface area contributed by atoms with Crippen LogP contribution in [0, 0.1) is 0 Å². The first-order valence-electron chi connectivity index (χ1n) is 26.1. The topological polar surface area (TPSA) is 78.9 Å². The van der Waals surface area contributed by atoms with Crippen molar-refractivity contribution in [1.82, 2.24) is 0 Å². The third kappa shape index (κ3) is 49.5. The molecular formula is C57H96O6. The van der Waals surface area contributed by atoms with Gasteiger partial charge in [0.25, 0.3) is 0 Å². The summed E-state index contributed by atoms with van der Waals surface area (Å²) >= 11 is 0. The van der Waals surface area contributed by atoms with Gasteiger partial charge in [-0.3, -0.25) is 14.4 Å². The summed E-state index contributed by atoms with van der Waals surface area (Å²) in [6.45, 7) is 6.48. The van der Waals surface area contributed by atoms with E-state index in [4.69, 9.17) is 14.2 Å². The summed E-state index contributed by atoms with van der Waals surface area (Å²) in [7, 11) is 0. The van der Waals surface area contributed by atoms with Gasteiger partial charge in [0, 0.05) is 19.3 Å². The Labute approximate surface area is 388 Å². The fraction of sp³-hybridized carbons (Fsp3) is 0.702. The lowest BCUT2D eigenvalue weighted by atomic mass is 10.1. The van der Waals surface area contributed by atoms with E-state index in [1.165, 1.54) is 96.3 Å². The monoisotopic (exact) mass is 877 g/mol. The Bertz CT molecular complexity index is 1240. The predicted molar refractivity (Wildman–Crippen MR) is 270 cm³/mol. The Balaban J connectivity index is 4.45. The van der Waals surface area contributed by atoms with Gasteiger partial charge >= 0.3 is 17.9 Å². The third-order valence-corrected chi connectivity index (χ3v) is 10.8. The molecule has 0 heterocycles. The van der Waals surface area contributed by atoms with Crippen molar-refractivity contribution in [3.63, 3.8) is 0 Å². The van der Waals surface area contributed by atoms with Crippen LogP contribution in [0.2, 0.25) is 0 Å². The van der Waals surface area contributed by atoms with E-state index in [1.54, 1.807) is 0 Å². The summed E-state index contributed by atoms with van der Waals surface area (Å²) < 4.78 is 16.7. The highest BCUT2D eigenvalue weighted by molar-refractivity contribution is 5.71. The quantitative estimate of drug-likeness (QED) is 0.0262. The van der Waals surface area contributed by atoms with E-state index >= 15 is 0 Å². The first-order chi connectivity index (χ1) is 31.0. The third-order valence-electron chi connectivity index (χ3n) is 10.8. The molecule has 0 radical (unpaired) electrons. The molecule has 6 heteroatoms. The van der Waals surface area contributed by atoms with Gasteiger partial charge in [0.05, 0.1) is 0 Å². The van der Waals surface area contributed by atoms with Gasteiger partial charge in [-0.05, 0) is 116 Å². The van der Waals surface area contributed by atoms with Crippen LogP contribution in [0.25, 0.3) is 0 Å². The number of unbranched alkanes of at least 4 members (excludes halogenated alkanes) is 21. The molecule has 0 spiro atoms. The summed E-state index contributed by atoms with van der Waals surface area (Å²) in [5.74, 6) is -0.964. The molecule has 0 rings (SSSR count). The fourth-order valence-corrected chi connectivity index (χ4v) is 6.85. The van der Waals surface area contributed by atoms with Crippen LogP contribution in [0.1, 0.15) is 239 Å². The van der Waals surface area contributed by atoms with Crippen molar-refractivity contribution in [3.8, 4) is 0 Å². The molecule has 63 heavy (non-hydrogen) atoms. The highest BCUT2D eigenvalue weighted by Crippen LogP contribution is 2.13. The molecule has 1 atom stereocenters. The molecule has 0 aliphatic heterocycles. The Morgan fingerprint density at radius 3 is 0.984 bits per heavy atom. The van der Waals surface area contributed by atoms with Gasteiger partial charge in [-0.2, -0.15) is 0 Å². The van der Waals surface area contributed by atoms with Crippen molar-refractivity contribution in [2.75, 3.05) is 13.2 Å². The van der Waals surface area contributed by atoms with Crippen molar-refractivity contribution >= 4 is 17.9 Å². The molecule has 0 aromatic heterocycles. The first kappa shape index (κ1) is 59.6. The van der Waals surface area contributed by atoms with E-state index < -0.39 is 6.10 Å². The largest absolute Gasteiger partial charge is 0.462 e. The van der Waals surface area contributed by atoms with E-state index in [-0.39, 0.29) is 37.5 Å². The van der Waals surface area contributed by atoms with Gasteiger partial charge in [0.1, 0.15) is 13.2 Å². The lowest BCUT2D eigenvalue weighted by Crippen LogP contribution is -2.30. The normalized spacial score (nSPS) is 12.7. The predicted octanol–water partition coefficient (Wildman–Crippen LogP) is 17.2. The molecule has 0 aliphatic carbocycles. The maximum Gasteiger partial charge on any atom is 0.306 e. The molecule has 0 bridgehead atoms. The summed E-state index contributed by atoms with van der Waals surface area (Å²) in [5, 5.41) is 0. The van der Waals surface area contributed by atoms with Gasteiger partial charge in [-0.15, -0.1) is 0 Å². The molecule has 0 unspecified atom stereocenters. The number of ether oxygens (including phenoxy) is 3. The van der Waals surface area contributed by atoms with Gasteiger partial charge in [-0.25, -0.2) is 0 Å². The second kappa shape index (κ2) is 51.2. The number of hydrogen-bond donors (Lipinski definition) is 0. The smallest absolute Gasteiger partial charge is 0.306 e. The molecule has 360 valence electrons. The van der Waals surface area contributed by atoms with Crippen LogP contribution in [0.4, 0.5) is 0 Å². The van der Waals surface area contributed by atoms with Crippen LogP contribution < -0.4 is 0 Å².